The Morgan fingerprint density at radius 2 is 1.94 bits per heavy atom. The molecule has 1 heterocycles. The summed E-state index contributed by atoms with van der Waals surface area (Å²) in [6.07, 6.45) is 4.91. The largest absolute Gasteiger partial charge is 0.328 e. The van der Waals surface area contributed by atoms with Crippen molar-refractivity contribution < 1.29 is 0 Å². The van der Waals surface area contributed by atoms with E-state index in [1.54, 1.807) is 0 Å². The molecule has 0 unspecified atom stereocenters. The number of hydrogen-bond acceptors (Lipinski definition) is 3. The summed E-state index contributed by atoms with van der Waals surface area (Å²) < 4.78 is 0. The lowest BCUT2D eigenvalue weighted by molar-refractivity contribution is 0.176. The van der Waals surface area contributed by atoms with E-state index < -0.39 is 0 Å². The van der Waals surface area contributed by atoms with Gasteiger partial charge in [-0.1, -0.05) is 0 Å². The van der Waals surface area contributed by atoms with E-state index in [0.29, 0.717) is 6.04 Å². The summed E-state index contributed by atoms with van der Waals surface area (Å²) in [6, 6.07) is 3.52. The summed E-state index contributed by atoms with van der Waals surface area (Å²) >= 11 is 1.91. The highest BCUT2D eigenvalue weighted by atomic mass is 32.1. The first kappa shape index (κ1) is 13.1. The van der Waals surface area contributed by atoms with Crippen LogP contribution in [0, 0.1) is 13.8 Å². The Morgan fingerprint density at radius 1 is 1.29 bits per heavy atom. The zero-order valence-corrected chi connectivity index (χ0v) is 12.0. The summed E-state index contributed by atoms with van der Waals surface area (Å²) in [6.45, 7) is 5.52. The molecule has 2 rings (SSSR count). The zero-order chi connectivity index (χ0) is 12.4. The van der Waals surface area contributed by atoms with Crippen molar-refractivity contribution in [3.8, 4) is 0 Å². The molecule has 1 fully saturated rings. The lowest BCUT2D eigenvalue weighted by atomic mass is 9.91. The van der Waals surface area contributed by atoms with Gasteiger partial charge in [0.2, 0.25) is 0 Å². The van der Waals surface area contributed by atoms with Gasteiger partial charge in [-0.3, -0.25) is 4.90 Å². The topological polar surface area (TPSA) is 29.3 Å². The molecule has 1 saturated carbocycles. The normalized spacial score (nSPS) is 25.5. The SMILES string of the molecule is Cc1cc(CN(C)C2CCC(N)CC2)c(C)s1. The fourth-order valence-electron chi connectivity index (χ4n) is 2.78. The molecule has 0 amide bonds. The van der Waals surface area contributed by atoms with Gasteiger partial charge in [-0.2, -0.15) is 0 Å². The van der Waals surface area contributed by atoms with Gasteiger partial charge in [-0.05, 0) is 58.2 Å². The van der Waals surface area contributed by atoms with Crippen molar-refractivity contribution >= 4 is 11.3 Å². The summed E-state index contributed by atoms with van der Waals surface area (Å²) in [5.41, 5.74) is 7.46. The third-order valence-corrected chi connectivity index (χ3v) is 4.94. The summed E-state index contributed by atoms with van der Waals surface area (Å²) in [7, 11) is 2.26. The van der Waals surface area contributed by atoms with Crippen LogP contribution in [0.5, 0.6) is 0 Å². The molecule has 0 aromatic carbocycles. The fraction of sp³-hybridized carbons (Fsp3) is 0.714. The number of aryl methyl sites for hydroxylation is 2. The first-order valence-corrected chi connectivity index (χ1v) is 7.39. The van der Waals surface area contributed by atoms with Gasteiger partial charge < -0.3 is 5.73 Å². The fourth-order valence-corrected chi connectivity index (χ4v) is 3.72. The third kappa shape index (κ3) is 3.30. The van der Waals surface area contributed by atoms with Crippen LogP contribution < -0.4 is 5.73 Å². The van der Waals surface area contributed by atoms with Crippen LogP contribution in [0.25, 0.3) is 0 Å². The Bertz CT molecular complexity index is 364. The van der Waals surface area contributed by atoms with Crippen LogP contribution in [0.2, 0.25) is 0 Å². The molecule has 1 aliphatic rings. The average Bonchev–Trinajstić information content (AvgIpc) is 2.58. The van der Waals surface area contributed by atoms with Gasteiger partial charge in [0.05, 0.1) is 0 Å². The van der Waals surface area contributed by atoms with Crippen molar-refractivity contribution in [1.29, 1.82) is 0 Å². The van der Waals surface area contributed by atoms with Gasteiger partial charge in [-0.15, -0.1) is 11.3 Å². The standard InChI is InChI=1S/C14H24N2S/c1-10-8-12(11(2)17-10)9-16(3)14-6-4-13(15)5-7-14/h8,13-14H,4-7,9,15H2,1-3H3. The molecule has 0 aliphatic heterocycles. The summed E-state index contributed by atoms with van der Waals surface area (Å²) in [5.74, 6) is 0. The van der Waals surface area contributed by atoms with Crippen LogP contribution in [0.1, 0.15) is 41.0 Å². The summed E-state index contributed by atoms with van der Waals surface area (Å²) in [4.78, 5) is 5.42. The molecule has 17 heavy (non-hydrogen) atoms. The van der Waals surface area contributed by atoms with Gasteiger partial charge >= 0.3 is 0 Å². The maximum Gasteiger partial charge on any atom is 0.0244 e. The maximum absolute atomic E-state index is 5.96. The molecule has 0 bridgehead atoms. The van der Waals surface area contributed by atoms with Crippen LogP contribution in [0.4, 0.5) is 0 Å². The molecule has 1 aromatic rings. The Hall–Kier alpha value is -0.380. The number of hydrogen-bond donors (Lipinski definition) is 1. The lowest BCUT2D eigenvalue weighted by Crippen LogP contribution is -2.38. The Morgan fingerprint density at radius 3 is 2.47 bits per heavy atom. The third-order valence-electron chi connectivity index (χ3n) is 3.93. The van der Waals surface area contributed by atoms with Crippen molar-refractivity contribution in [2.75, 3.05) is 7.05 Å². The van der Waals surface area contributed by atoms with Crippen LogP contribution in [-0.2, 0) is 6.54 Å². The van der Waals surface area contributed by atoms with E-state index in [1.807, 2.05) is 11.3 Å². The van der Waals surface area contributed by atoms with Gasteiger partial charge in [0.15, 0.2) is 0 Å². The predicted octanol–water partition coefficient (Wildman–Crippen LogP) is 3.07. The van der Waals surface area contributed by atoms with E-state index in [9.17, 15) is 0 Å². The average molecular weight is 252 g/mol. The minimum atomic E-state index is 0.449. The lowest BCUT2D eigenvalue weighted by Gasteiger charge is -2.33. The smallest absolute Gasteiger partial charge is 0.0244 e. The van der Waals surface area contributed by atoms with Crippen LogP contribution in [0.15, 0.2) is 6.07 Å². The van der Waals surface area contributed by atoms with E-state index in [2.05, 4.69) is 31.9 Å². The monoisotopic (exact) mass is 252 g/mol. The Kier molecular flexibility index (Phi) is 4.23. The second kappa shape index (κ2) is 5.51. The van der Waals surface area contributed by atoms with Crippen LogP contribution in [-0.4, -0.2) is 24.0 Å². The van der Waals surface area contributed by atoms with Crippen LogP contribution in [0.3, 0.4) is 0 Å². The zero-order valence-electron chi connectivity index (χ0n) is 11.2. The number of thiophene rings is 1. The van der Waals surface area contributed by atoms with E-state index in [4.69, 9.17) is 5.73 Å². The molecule has 0 saturated heterocycles. The second-order valence-electron chi connectivity index (χ2n) is 5.42. The molecule has 1 aromatic heterocycles. The molecule has 0 radical (unpaired) electrons. The highest BCUT2D eigenvalue weighted by Gasteiger charge is 2.22. The first-order chi connectivity index (χ1) is 8.06. The van der Waals surface area contributed by atoms with Crippen molar-refractivity contribution in [3.63, 3.8) is 0 Å². The number of rotatable bonds is 3. The summed E-state index contributed by atoms with van der Waals surface area (Å²) in [5, 5.41) is 0. The number of nitrogens with zero attached hydrogens (tertiary/aromatic N) is 1. The van der Waals surface area contributed by atoms with Crippen molar-refractivity contribution in [3.05, 3.63) is 21.4 Å². The quantitative estimate of drug-likeness (QED) is 0.896. The van der Waals surface area contributed by atoms with Gasteiger partial charge in [0, 0.05) is 28.4 Å². The van der Waals surface area contributed by atoms with E-state index in [-0.39, 0.29) is 0 Å². The molecule has 0 spiro atoms. The van der Waals surface area contributed by atoms with Crippen molar-refractivity contribution in [2.24, 2.45) is 5.73 Å². The van der Waals surface area contributed by atoms with Crippen molar-refractivity contribution in [1.82, 2.24) is 4.90 Å². The predicted molar refractivity (Wildman–Crippen MR) is 75.5 cm³/mol. The Labute approximate surface area is 109 Å². The molecule has 3 heteroatoms. The molecule has 0 atom stereocenters. The minimum absolute atomic E-state index is 0.449. The van der Waals surface area contributed by atoms with Gasteiger partial charge in [-0.25, -0.2) is 0 Å². The van der Waals surface area contributed by atoms with Gasteiger partial charge in [0.1, 0.15) is 0 Å². The van der Waals surface area contributed by atoms with Gasteiger partial charge in [0.25, 0.3) is 0 Å². The Balaban J connectivity index is 1.92. The molecule has 1 aliphatic carbocycles. The molecule has 2 N–H and O–H groups in total. The van der Waals surface area contributed by atoms with Crippen molar-refractivity contribution in [2.45, 2.75) is 58.2 Å². The minimum Gasteiger partial charge on any atom is -0.328 e. The second-order valence-corrected chi connectivity index (χ2v) is 6.88. The van der Waals surface area contributed by atoms with E-state index >= 15 is 0 Å². The molecule has 96 valence electrons. The van der Waals surface area contributed by atoms with E-state index in [1.165, 1.54) is 41.0 Å². The first-order valence-electron chi connectivity index (χ1n) is 6.58. The molecular weight excluding hydrogens is 228 g/mol. The van der Waals surface area contributed by atoms with E-state index in [0.717, 1.165) is 12.6 Å². The highest BCUT2D eigenvalue weighted by Crippen LogP contribution is 2.26. The molecular formula is C14H24N2S. The maximum atomic E-state index is 5.96. The molecule has 2 nitrogen and oxygen atoms in total. The van der Waals surface area contributed by atoms with Crippen LogP contribution >= 0.6 is 11.3 Å². The highest BCUT2D eigenvalue weighted by molar-refractivity contribution is 7.12. The number of nitrogens with two attached hydrogens (primary N) is 1.